The van der Waals surface area contributed by atoms with Gasteiger partial charge in [0, 0.05) is 11.1 Å². The minimum absolute atomic E-state index is 0.395. The Labute approximate surface area is 152 Å². The number of aldehydes is 1. The van der Waals surface area contributed by atoms with Gasteiger partial charge in [0.05, 0.1) is 29.9 Å². The van der Waals surface area contributed by atoms with Gasteiger partial charge in [0.15, 0.2) is 6.29 Å². The molecule has 0 spiro atoms. The van der Waals surface area contributed by atoms with Crippen molar-refractivity contribution in [2.45, 2.75) is 32.7 Å². The lowest BCUT2D eigenvalue weighted by Gasteiger charge is -2.15. The first-order chi connectivity index (χ1) is 12.1. The van der Waals surface area contributed by atoms with Crippen molar-refractivity contribution in [3.05, 3.63) is 58.5 Å². The molecule has 3 aromatic rings. The predicted octanol–water partition coefficient (Wildman–Crippen LogP) is 5.07. The van der Waals surface area contributed by atoms with E-state index >= 15 is 0 Å². The fourth-order valence-electron chi connectivity index (χ4n) is 3.05. The summed E-state index contributed by atoms with van der Waals surface area (Å²) in [6.45, 7) is 4.97. The van der Waals surface area contributed by atoms with Crippen LogP contribution in [-0.4, -0.2) is 22.9 Å². The van der Waals surface area contributed by atoms with Crippen LogP contribution in [0.15, 0.2) is 36.4 Å². The number of hydrogen-bond donors (Lipinski definition) is 0. The number of halogens is 1. The van der Waals surface area contributed by atoms with Gasteiger partial charge in [0.25, 0.3) is 0 Å². The van der Waals surface area contributed by atoms with Gasteiger partial charge in [-0.25, -0.2) is 4.98 Å². The van der Waals surface area contributed by atoms with E-state index in [-0.39, 0.29) is 0 Å². The largest absolute Gasteiger partial charge is 0.495 e. The van der Waals surface area contributed by atoms with Crippen molar-refractivity contribution in [2.75, 3.05) is 7.11 Å². The zero-order valence-corrected chi connectivity index (χ0v) is 15.4. The van der Waals surface area contributed by atoms with E-state index in [0.717, 1.165) is 29.3 Å². The number of aromatic nitrogens is 2. The zero-order valence-electron chi connectivity index (χ0n) is 14.6. The van der Waals surface area contributed by atoms with Gasteiger partial charge in [0.1, 0.15) is 11.4 Å². The highest BCUT2D eigenvalue weighted by Crippen LogP contribution is 2.34. The Kier molecular flexibility index (Phi) is 5.09. The third-order valence-electron chi connectivity index (χ3n) is 4.59. The number of carbonyl (C=O) groups is 1. The zero-order chi connectivity index (χ0) is 18.0. The molecule has 3 rings (SSSR count). The van der Waals surface area contributed by atoms with Gasteiger partial charge in [-0.2, -0.15) is 0 Å². The number of ether oxygens (including phenoxy) is 1. The molecule has 130 valence electrons. The molecule has 4 nitrogen and oxygen atoms in total. The summed E-state index contributed by atoms with van der Waals surface area (Å²) in [5.74, 6) is 1.06. The number of methoxy groups -OCH3 is 1. The quantitative estimate of drug-likeness (QED) is 0.579. The molecule has 0 aliphatic heterocycles. The molecule has 0 aliphatic carbocycles. The van der Waals surface area contributed by atoms with Gasteiger partial charge in [-0.15, -0.1) is 0 Å². The number of rotatable bonds is 6. The molecule has 0 N–H and O–H groups in total. The van der Waals surface area contributed by atoms with Gasteiger partial charge < -0.3 is 9.30 Å². The Hall–Kier alpha value is -2.33. The van der Waals surface area contributed by atoms with Crippen molar-refractivity contribution in [3.63, 3.8) is 0 Å². The smallest absolute Gasteiger partial charge is 0.168 e. The number of pyridine rings is 1. The predicted molar refractivity (Wildman–Crippen MR) is 101 cm³/mol. The van der Waals surface area contributed by atoms with Crippen LogP contribution in [0.25, 0.3) is 10.9 Å². The second kappa shape index (κ2) is 7.28. The molecule has 25 heavy (non-hydrogen) atoms. The third kappa shape index (κ3) is 3.40. The van der Waals surface area contributed by atoms with Crippen molar-refractivity contribution in [3.8, 4) is 5.75 Å². The Bertz CT molecular complexity index is 917. The first kappa shape index (κ1) is 17.5. The number of nitrogens with zero attached hydrogens (tertiary/aromatic N) is 2. The molecule has 2 heterocycles. The second-order valence-corrected chi connectivity index (χ2v) is 6.59. The average molecular weight is 357 g/mol. The molecule has 0 saturated heterocycles. The Morgan fingerprint density at radius 2 is 2.12 bits per heavy atom. The van der Waals surface area contributed by atoms with Gasteiger partial charge in [-0.3, -0.25) is 4.79 Å². The molecule has 0 saturated carbocycles. The molecule has 0 aliphatic rings. The van der Waals surface area contributed by atoms with E-state index in [1.165, 1.54) is 5.69 Å². The third-order valence-corrected chi connectivity index (χ3v) is 4.89. The van der Waals surface area contributed by atoms with Crippen LogP contribution in [0.3, 0.4) is 0 Å². The van der Waals surface area contributed by atoms with E-state index in [1.807, 2.05) is 24.3 Å². The first-order valence-electron chi connectivity index (χ1n) is 8.35. The highest BCUT2D eigenvalue weighted by Gasteiger charge is 2.16. The van der Waals surface area contributed by atoms with Crippen molar-refractivity contribution >= 4 is 28.8 Å². The summed E-state index contributed by atoms with van der Waals surface area (Å²) < 4.78 is 7.57. The Morgan fingerprint density at radius 3 is 2.80 bits per heavy atom. The summed E-state index contributed by atoms with van der Waals surface area (Å²) in [7, 11) is 1.62. The molecule has 0 fully saturated rings. The Balaban J connectivity index is 2.16. The van der Waals surface area contributed by atoms with Gasteiger partial charge in [0.2, 0.25) is 0 Å². The van der Waals surface area contributed by atoms with Crippen molar-refractivity contribution < 1.29 is 9.53 Å². The summed E-state index contributed by atoms with van der Waals surface area (Å²) in [6, 6.07) is 11.6. The van der Waals surface area contributed by atoms with Crippen molar-refractivity contribution in [2.24, 2.45) is 0 Å². The summed E-state index contributed by atoms with van der Waals surface area (Å²) in [6.07, 6.45) is 1.80. The standard InChI is InChI=1S/C20H21ClN2O2/c1-4-13(2)18-8-14-9-20(25-3)17(21)10-19(14)23(18)11-15-6-5-7-16(12-24)22-15/h5-10,12-13H,4,11H2,1-3H3. The summed E-state index contributed by atoms with van der Waals surface area (Å²) in [5, 5.41) is 1.67. The summed E-state index contributed by atoms with van der Waals surface area (Å²) in [4.78, 5) is 15.4. The van der Waals surface area contributed by atoms with Crippen LogP contribution < -0.4 is 4.74 Å². The number of carbonyl (C=O) groups excluding carboxylic acids is 1. The van der Waals surface area contributed by atoms with Gasteiger partial charge >= 0.3 is 0 Å². The molecule has 0 radical (unpaired) electrons. The van der Waals surface area contributed by atoms with Crippen molar-refractivity contribution in [1.29, 1.82) is 0 Å². The second-order valence-electron chi connectivity index (χ2n) is 6.18. The van der Waals surface area contributed by atoms with Gasteiger partial charge in [-0.05, 0) is 42.7 Å². The van der Waals surface area contributed by atoms with Crippen molar-refractivity contribution in [1.82, 2.24) is 9.55 Å². The number of benzene rings is 1. The number of fused-ring (bicyclic) bond motifs is 1. The highest BCUT2D eigenvalue weighted by atomic mass is 35.5. The minimum atomic E-state index is 0.395. The molecular weight excluding hydrogens is 336 g/mol. The van der Waals surface area contributed by atoms with Crippen LogP contribution in [0.4, 0.5) is 0 Å². The van der Waals surface area contributed by atoms with E-state index in [9.17, 15) is 4.79 Å². The maximum atomic E-state index is 11.0. The van der Waals surface area contributed by atoms with Crippen LogP contribution in [-0.2, 0) is 6.54 Å². The number of hydrogen-bond acceptors (Lipinski definition) is 3. The van der Waals surface area contributed by atoms with Gasteiger partial charge in [-0.1, -0.05) is 31.5 Å². The van der Waals surface area contributed by atoms with E-state index in [0.29, 0.717) is 28.9 Å². The minimum Gasteiger partial charge on any atom is -0.495 e. The monoisotopic (exact) mass is 356 g/mol. The first-order valence-corrected chi connectivity index (χ1v) is 8.73. The normalized spacial score (nSPS) is 12.3. The van der Waals surface area contributed by atoms with Crippen LogP contribution >= 0.6 is 11.6 Å². The molecule has 2 aromatic heterocycles. The maximum absolute atomic E-state index is 11.0. The van der Waals surface area contributed by atoms with E-state index in [4.69, 9.17) is 16.3 Å². The molecule has 5 heteroatoms. The van der Waals surface area contributed by atoms with Crippen LogP contribution in [0, 0.1) is 0 Å². The lowest BCUT2D eigenvalue weighted by Crippen LogP contribution is -2.08. The fourth-order valence-corrected chi connectivity index (χ4v) is 3.28. The average Bonchev–Trinajstić information content (AvgIpc) is 2.98. The topological polar surface area (TPSA) is 44.1 Å². The Morgan fingerprint density at radius 1 is 1.32 bits per heavy atom. The van der Waals surface area contributed by atoms with E-state index in [2.05, 4.69) is 29.5 Å². The molecule has 1 atom stereocenters. The van der Waals surface area contributed by atoms with Crippen LogP contribution in [0.2, 0.25) is 5.02 Å². The van der Waals surface area contributed by atoms with E-state index < -0.39 is 0 Å². The SMILES string of the molecule is CCC(C)c1cc2cc(OC)c(Cl)cc2n1Cc1cccc(C=O)n1. The highest BCUT2D eigenvalue weighted by molar-refractivity contribution is 6.32. The molecule has 1 aromatic carbocycles. The summed E-state index contributed by atoms with van der Waals surface area (Å²) >= 11 is 6.35. The molecular formula is C20H21ClN2O2. The van der Waals surface area contributed by atoms with Crippen LogP contribution in [0.1, 0.15) is 48.1 Å². The lowest BCUT2D eigenvalue weighted by molar-refractivity contribution is 0.111. The molecule has 0 amide bonds. The van der Waals surface area contributed by atoms with Crippen LogP contribution in [0.5, 0.6) is 5.75 Å². The van der Waals surface area contributed by atoms with E-state index in [1.54, 1.807) is 13.2 Å². The maximum Gasteiger partial charge on any atom is 0.168 e. The molecule has 0 bridgehead atoms. The summed E-state index contributed by atoms with van der Waals surface area (Å²) in [5.41, 5.74) is 3.55. The fraction of sp³-hybridized carbons (Fsp3) is 0.300. The lowest BCUT2D eigenvalue weighted by atomic mass is 10.0. The molecule has 1 unspecified atom stereocenters.